The fourth-order valence-electron chi connectivity index (χ4n) is 1.96. The second-order valence-corrected chi connectivity index (χ2v) is 4.58. The van der Waals surface area contributed by atoms with E-state index < -0.39 is 0 Å². The Balaban J connectivity index is 1.68. The van der Waals surface area contributed by atoms with E-state index in [1.807, 2.05) is 41.2 Å². The summed E-state index contributed by atoms with van der Waals surface area (Å²) in [5.41, 5.74) is 0. The van der Waals surface area contributed by atoms with Gasteiger partial charge in [-0.1, -0.05) is 12.1 Å². The minimum atomic E-state index is 0.344. The third-order valence-electron chi connectivity index (χ3n) is 2.94. The molecule has 0 aliphatic heterocycles. The first-order valence-electron chi connectivity index (χ1n) is 6.76. The predicted octanol–water partition coefficient (Wildman–Crippen LogP) is 1.95. The lowest BCUT2D eigenvalue weighted by molar-refractivity contribution is 0.284. The number of nitrogens with one attached hydrogen (secondary N) is 1. The van der Waals surface area contributed by atoms with E-state index in [0.717, 1.165) is 24.6 Å². The van der Waals surface area contributed by atoms with Gasteiger partial charge in [0.15, 0.2) is 11.5 Å². The molecule has 5 nitrogen and oxygen atoms in total. The molecule has 20 heavy (non-hydrogen) atoms. The van der Waals surface area contributed by atoms with Crippen LogP contribution in [0, 0.1) is 0 Å². The average Bonchev–Trinajstić information content (AvgIpc) is 2.97. The van der Waals surface area contributed by atoms with E-state index >= 15 is 0 Å². The van der Waals surface area contributed by atoms with Gasteiger partial charge in [0.25, 0.3) is 0 Å². The number of aromatic nitrogens is 2. The first kappa shape index (κ1) is 14.4. The summed E-state index contributed by atoms with van der Waals surface area (Å²) in [7, 11) is 1.65. The molecule has 0 aliphatic carbocycles. The van der Waals surface area contributed by atoms with Gasteiger partial charge in [-0.15, -0.1) is 0 Å². The van der Waals surface area contributed by atoms with E-state index in [2.05, 4.69) is 17.3 Å². The molecule has 108 valence electrons. The lowest BCUT2D eigenvalue weighted by Gasteiger charge is -2.15. The van der Waals surface area contributed by atoms with Crippen molar-refractivity contribution in [1.29, 1.82) is 0 Å². The zero-order chi connectivity index (χ0) is 14.2. The average molecular weight is 275 g/mol. The Hall–Kier alpha value is -2.01. The third kappa shape index (κ3) is 4.28. The number of rotatable bonds is 8. The number of methoxy groups -OCH3 is 1. The fourth-order valence-corrected chi connectivity index (χ4v) is 1.96. The standard InChI is InChI=1S/C15H21N3O2/c1-13(12-18-10-5-8-17-18)16-9-11-20-15-7-4-3-6-14(15)19-2/h3-8,10,13,16H,9,11-12H2,1-2H3. The van der Waals surface area contributed by atoms with Crippen molar-refractivity contribution in [2.24, 2.45) is 0 Å². The number of benzene rings is 1. The minimum Gasteiger partial charge on any atom is -0.493 e. The molecule has 1 aromatic heterocycles. The molecule has 2 rings (SSSR count). The Morgan fingerprint density at radius 2 is 2.05 bits per heavy atom. The van der Waals surface area contributed by atoms with Crippen molar-refractivity contribution in [3.8, 4) is 11.5 Å². The number of hydrogen-bond donors (Lipinski definition) is 1. The molecule has 5 heteroatoms. The lowest BCUT2D eigenvalue weighted by atomic mass is 10.3. The van der Waals surface area contributed by atoms with Crippen molar-refractivity contribution in [2.45, 2.75) is 19.5 Å². The van der Waals surface area contributed by atoms with Crippen LogP contribution in [0.2, 0.25) is 0 Å². The van der Waals surface area contributed by atoms with Gasteiger partial charge in [0, 0.05) is 25.0 Å². The molecular formula is C15H21N3O2. The highest BCUT2D eigenvalue weighted by Gasteiger charge is 2.04. The number of nitrogens with zero attached hydrogens (tertiary/aromatic N) is 2. The van der Waals surface area contributed by atoms with E-state index in [1.165, 1.54) is 0 Å². The van der Waals surface area contributed by atoms with E-state index in [1.54, 1.807) is 13.3 Å². The summed E-state index contributed by atoms with van der Waals surface area (Å²) >= 11 is 0. The quantitative estimate of drug-likeness (QED) is 0.748. The van der Waals surface area contributed by atoms with Crippen LogP contribution in [-0.2, 0) is 6.54 Å². The highest BCUT2D eigenvalue weighted by Crippen LogP contribution is 2.25. The van der Waals surface area contributed by atoms with Gasteiger partial charge in [-0.3, -0.25) is 4.68 Å². The Kier molecular flexibility index (Phi) is 5.43. The van der Waals surface area contributed by atoms with Crippen LogP contribution in [0.25, 0.3) is 0 Å². The normalized spacial score (nSPS) is 12.1. The van der Waals surface area contributed by atoms with Crippen LogP contribution in [-0.4, -0.2) is 36.1 Å². The Morgan fingerprint density at radius 1 is 1.25 bits per heavy atom. The van der Waals surface area contributed by atoms with Crippen LogP contribution in [0.1, 0.15) is 6.92 Å². The molecule has 0 fully saturated rings. The van der Waals surface area contributed by atoms with Crippen molar-refractivity contribution >= 4 is 0 Å². The Bertz CT molecular complexity index is 500. The van der Waals surface area contributed by atoms with Crippen LogP contribution in [0.15, 0.2) is 42.7 Å². The summed E-state index contributed by atoms with van der Waals surface area (Å²) in [5.74, 6) is 1.54. The van der Waals surface area contributed by atoms with Crippen molar-refractivity contribution in [2.75, 3.05) is 20.3 Å². The molecule has 1 heterocycles. The number of hydrogen-bond acceptors (Lipinski definition) is 4. The zero-order valence-corrected chi connectivity index (χ0v) is 12.0. The molecule has 0 bridgehead atoms. The molecular weight excluding hydrogens is 254 g/mol. The largest absolute Gasteiger partial charge is 0.493 e. The van der Waals surface area contributed by atoms with Crippen molar-refractivity contribution in [1.82, 2.24) is 15.1 Å². The second kappa shape index (κ2) is 7.55. The topological polar surface area (TPSA) is 48.3 Å². The maximum atomic E-state index is 5.70. The third-order valence-corrected chi connectivity index (χ3v) is 2.94. The van der Waals surface area contributed by atoms with Crippen LogP contribution in [0.3, 0.4) is 0 Å². The maximum Gasteiger partial charge on any atom is 0.161 e. The molecule has 0 radical (unpaired) electrons. The monoisotopic (exact) mass is 275 g/mol. The first-order chi connectivity index (χ1) is 9.79. The van der Waals surface area contributed by atoms with Gasteiger partial charge in [-0.2, -0.15) is 5.10 Å². The fraction of sp³-hybridized carbons (Fsp3) is 0.400. The van der Waals surface area contributed by atoms with Gasteiger partial charge in [-0.25, -0.2) is 0 Å². The van der Waals surface area contributed by atoms with Crippen molar-refractivity contribution in [3.63, 3.8) is 0 Å². The van der Waals surface area contributed by atoms with E-state index in [0.29, 0.717) is 12.6 Å². The second-order valence-electron chi connectivity index (χ2n) is 4.58. The molecule has 1 unspecified atom stereocenters. The molecule has 0 saturated heterocycles. The Labute approximate surface area is 119 Å². The van der Waals surface area contributed by atoms with Gasteiger partial charge >= 0.3 is 0 Å². The van der Waals surface area contributed by atoms with Crippen LogP contribution in [0.5, 0.6) is 11.5 Å². The van der Waals surface area contributed by atoms with Crippen LogP contribution >= 0.6 is 0 Å². The maximum absolute atomic E-state index is 5.70. The van der Waals surface area contributed by atoms with Gasteiger partial charge in [-0.05, 0) is 25.1 Å². The molecule has 1 atom stereocenters. The lowest BCUT2D eigenvalue weighted by Crippen LogP contribution is -2.33. The van der Waals surface area contributed by atoms with Gasteiger partial charge in [0.1, 0.15) is 6.61 Å². The van der Waals surface area contributed by atoms with Gasteiger partial charge in [0.05, 0.1) is 13.7 Å². The van der Waals surface area contributed by atoms with E-state index in [4.69, 9.17) is 9.47 Å². The number of para-hydroxylation sites is 2. The molecule has 0 aliphatic rings. The molecule has 1 N–H and O–H groups in total. The summed E-state index contributed by atoms with van der Waals surface area (Å²) < 4.78 is 12.9. The summed E-state index contributed by atoms with van der Waals surface area (Å²) in [5, 5.41) is 7.59. The van der Waals surface area contributed by atoms with Gasteiger partial charge < -0.3 is 14.8 Å². The molecule has 2 aromatic rings. The minimum absolute atomic E-state index is 0.344. The first-order valence-corrected chi connectivity index (χ1v) is 6.76. The van der Waals surface area contributed by atoms with Crippen molar-refractivity contribution < 1.29 is 9.47 Å². The van der Waals surface area contributed by atoms with Crippen LogP contribution < -0.4 is 14.8 Å². The summed E-state index contributed by atoms with van der Waals surface area (Å²) in [6, 6.07) is 9.94. The van der Waals surface area contributed by atoms with Crippen molar-refractivity contribution in [3.05, 3.63) is 42.7 Å². The van der Waals surface area contributed by atoms with E-state index in [9.17, 15) is 0 Å². The number of ether oxygens (including phenoxy) is 2. The molecule has 1 aromatic carbocycles. The van der Waals surface area contributed by atoms with E-state index in [-0.39, 0.29) is 0 Å². The smallest absolute Gasteiger partial charge is 0.161 e. The summed E-state index contributed by atoms with van der Waals surface area (Å²) in [6.45, 7) is 4.36. The zero-order valence-electron chi connectivity index (χ0n) is 12.0. The Morgan fingerprint density at radius 3 is 2.75 bits per heavy atom. The molecule has 0 saturated carbocycles. The predicted molar refractivity (Wildman–Crippen MR) is 78.2 cm³/mol. The summed E-state index contributed by atoms with van der Waals surface area (Å²) in [4.78, 5) is 0. The molecule has 0 spiro atoms. The highest BCUT2D eigenvalue weighted by atomic mass is 16.5. The summed E-state index contributed by atoms with van der Waals surface area (Å²) in [6.07, 6.45) is 3.75. The van der Waals surface area contributed by atoms with Gasteiger partial charge in [0.2, 0.25) is 0 Å². The highest BCUT2D eigenvalue weighted by molar-refractivity contribution is 5.39. The molecule has 0 amide bonds. The SMILES string of the molecule is COc1ccccc1OCCNC(C)Cn1cccn1. The van der Waals surface area contributed by atoms with Crippen LogP contribution in [0.4, 0.5) is 0 Å².